The van der Waals surface area contributed by atoms with Crippen molar-refractivity contribution in [3.8, 4) is 11.5 Å². The van der Waals surface area contributed by atoms with Crippen LogP contribution in [0.3, 0.4) is 0 Å². The summed E-state index contributed by atoms with van der Waals surface area (Å²) in [5, 5.41) is 0. The van der Waals surface area contributed by atoms with Crippen LogP contribution in [0, 0.1) is 0 Å². The zero-order chi connectivity index (χ0) is 13.8. The van der Waals surface area contributed by atoms with Gasteiger partial charge in [0.15, 0.2) is 11.5 Å². The van der Waals surface area contributed by atoms with Crippen LogP contribution in [-0.2, 0) is 0 Å². The molecule has 0 saturated carbocycles. The van der Waals surface area contributed by atoms with Gasteiger partial charge < -0.3 is 15.2 Å². The number of methoxy groups -OCH3 is 1. The van der Waals surface area contributed by atoms with Gasteiger partial charge in [0.2, 0.25) is 0 Å². The molecule has 0 amide bonds. The van der Waals surface area contributed by atoms with E-state index < -0.39 is 0 Å². The summed E-state index contributed by atoms with van der Waals surface area (Å²) in [7, 11) is 1.63. The minimum Gasteiger partial charge on any atom is -0.493 e. The summed E-state index contributed by atoms with van der Waals surface area (Å²) >= 11 is 5.09. The second kappa shape index (κ2) is 6.41. The number of hydrogen-bond donors (Lipinski definition) is 1. The van der Waals surface area contributed by atoms with E-state index in [0.717, 1.165) is 8.66 Å². The molecule has 2 N–H and O–H groups in total. The van der Waals surface area contributed by atoms with Crippen LogP contribution in [0.4, 0.5) is 0 Å². The second-order valence-corrected chi connectivity index (χ2v) is 6.68. The number of para-hydroxylation sites is 2. The Morgan fingerprint density at radius 3 is 2.37 bits per heavy atom. The highest BCUT2D eigenvalue weighted by Gasteiger charge is 2.21. The SMILES string of the molecule is COc1ccccc1OC(c1ccc(Br)s1)C(C)N. The Kier molecular flexibility index (Phi) is 4.85. The maximum atomic E-state index is 6.04. The van der Waals surface area contributed by atoms with Crippen molar-refractivity contribution >= 4 is 27.3 Å². The van der Waals surface area contributed by atoms with Gasteiger partial charge in [-0.05, 0) is 47.1 Å². The van der Waals surface area contributed by atoms with Gasteiger partial charge in [0.1, 0.15) is 6.10 Å². The van der Waals surface area contributed by atoms with Gasteiger partial charge in [-0.25, -0.2) is 0 Å². The molecule has 2 unspecified atom stereocenters. The van der Waals surface area contributed by atoms with Crippen molar-refractivity contribution in [1.82, 2.24) is 0 Å². The molecular weight excluding hydrogens is 326 g/mol. The molecule has 0 radical (unpaired) electrons. The van der Waals surface area contributed by atoms with Gasteiger partial charge in [-0.15, -0.1) is 11.3 Å². The van der Waals surface area contributed by atoms with E-state index in [2.05, 4.69) is 15.9 Å². The first-order valence-electron chi connectivity index (χ1n) is 5.92. The molecule has 0 aliphatic heterocycles. The van der Waals surface area contributed by atoms with Crippen molar-refractivity contribution in [3.63, 3.8) is 0 Å². The van der Waals surface area contributed by atoms with Crippen molar-refractivity contribution < 1.29 is 9.47 Å². The molecule has 102 valence electrons. The summed E-state index contributed by atoms with van der Waals surface area (Å²) in [6, 6.07) is 11.5. The van der Waals surface area contributed by atoms with E-state index in [9.17, 15) is 0 Å². The molecule has 0 saturated heterocycles. The van der Waals surface area contributed by atoms with Crippen LogP contribution in [-0.4, -0.2) is 13.2 Å². The summed E-state index contributed by atoms with van der Waals surface area (Å²) in [5.74, 6) is 1.42. The Balaban J connectivity index is 2.26. The summed E-state index contributed by atoms with van der Waals surface area (Å²) in [6.07, 6.45) is -0.187. The Morgan fingerprint density at radius 2 is 1.84 bits per heavy atom. The van der Waals surface area contributed by atoms with Crippen LogP contribution >= 0.6 is 27.3 Å². The standard InChI is InChI=1S/C14H16BrNO2S/c1-9(16)14(12-7-8-13(15)19-12)18-11-6-4-3-5-10(11)17-2/h3-9,14H,16H2,1-2H3. The van der Waals surface area contributed by atoms with Crippen LogP contribution < -0.4 is 15.2 Å². The molecule has 0 spiro atoms. The third-order valence-electron chi connectivity index (χ3n) is 2.67. The quantitative estimate of drug-likeness (QED) is 0.894. The molecule has 1 heterocycles. The zero-order valence-corrected chi connectivity index (χ0v) is 13.2. The van der Waals surface area contributed by atoms with Crippen molar-refractivity contribution in [2.75, 3.05) is 7.11 Å². The molecule has 0 fully saturated rings. The molecule has 2 rings (SSSR count). The van der Waals surface area contributed by atoms with Crippen LogP contribution in [0.1, 0.15) is 17.9 Å². The van der Waals surface area contributed by atoms with Gasteiger partial charge in [-0.3, -0.25) is 0 Å². The number of halogens is 1. The smallest absolute Gasteiger partial charge is 0.162 e. The Labute approximate surface area is 125 Å². The fourth-order valence-electron chi connectivity index (χ4n) is 1.76. The lowest BCUT2D eigenvalue weighted by Crippen LogP contribution is -2.28. The average molecular weight is 342 g/mol. The average Bonchev–Trinajstić information content (AvgIpc) is 2.82. The third kappa shape index (κ3) is 3.49. The summed E-state index contributed by atoms with van der Waals surface area (Å²) < 4.78 is 12.4. The molecule has 0 aliphatic rings. The number of thiophene rings is 1. The van der Waals surface area contributed by atoms with Gasteiger partial charge in [-0.1, -0.05) is 12.1 Å². The first kappa shape index (κ1) is 14.4. The van der Waals surface area contributed by atoms with E-state index in [1.165, 1.54) is 0 Å². The van der Waals surface area contributed by atoms with Gasteiger partial charge in [-0.2, -0.15) is 0 Å². The van der Waals surface area contributed by atoms with E-state index in [0.29, 0.717) is 11.5 Å². The monoisotopic (exact) mass is 341 g/mol. The summed E-state index contributed by atoms with van der Waals surface area (Å²) in [6.45, 7) is 1.94. The predicted octanol–water partition coefficient (Wildman–Crippen LogP) is 3.99. The zero-order valence-electron chi connectivity index (χ0n) is 10.8. The molecule has 3 nitrogen and oxygen atoms in total. The highest BCUT2D eigenvalue weighted by molar-refractivity contribution is 9.11. The largest absolute Gasteiger partial charge is 0.493 e. The van der Waals surface area contributed by atoms with Crippen LogP contribution in [0.5, 0.6) is 11.5 Å². The Hall–Kier alpha value is -1.04. The fraction of sp³-hybridized carbons (Fsp3) is 0.286. The second-order valence-electron chi connectivity index (χ2n) is 4.19. The van der Waals surface area contributed by atoms with Crippen LogP contribution in [0.25, 0.3) is 0 Å². The first-order chi connectivity index (χ1) is 9.11. The van der Waals surface area contributed by atoms with E-state index in [4.69, 9.17) is 15.2 Å². The minimum absolute atomic E-state index is 0.115. The van der Waals surface area contributed by atoms with Gasteiger partial charge in [0, 0.05) is 10.9 Å². The van der Waals surface area contributed by atoms with E-state index >= 15 is 0 Å². The van der Waals surface area contributed by atoms with Crippen molar-refractivity contribution in [1.29, 1.82) is 0 Å². The lowest BCUT2D eigenvalue weighted by Gasteiger charge is -2.22. The molecule has 19 heavy (non-hydrogen) atoms. The molecule has 1 aromatic heterocycles. The Bertz CT molecular complexity index is 542. The molecule has 0 bridgehead atoms. The summed E-state index contributed by atoms with van der Waals surface area (Å²) in [5.41, 5.74) is 6.04. The van der Waals surface area contributed by atoms with Crippen LogP contribution in [0.2, 0.25) is 0 Å². The van der Waals surface area contributed by atoms with Gasteiger partial charge >= 0.3 is 0 Å². The van der Waals surface area contributed by atoms with E-state index in [-0.39, 0.29) is 12.1 Å². The topological polar surface area (TPSA) is 44.5 Å². The molecule has 2 atom stereocenters. The normalized spacial score (nSPS) is 13.9. The summed E-state index contributed by atoms with van der Waals surface area (Å²) in [4.78, 5) is 1.09. The molecule has 5 heteroatoms. The van der Waals surface area contributed by atoms with E-state index in [1.54, 1.807) is 18.4 Å². The molecular formula is C14H16BrNO2S. The molecule has 2 aromatic rings. The Morgan fingerprint density at radius 1 is 1.16 bits per heavy atom. The van der Waals surface area contributed by atoms with Crippen LogP contribution in [0.15, 0.2) is 40.2 Å². The third-order valence-corrected chi connectivity index (χ3v) is 4.36. The number of ether oxygens (including phenoxy) is 2. The van der Waals surface area contributed by atoms with Crippen molar-refractivity contribution in [2.24, 2.45) is 5.73 Å². The van der Waals surface area contributed by atoms with Crippen molar-refractivity contribution in [2.45, 2.75) is 19.1 Å². The number of rotatable bonds is 5. The molecule has 0 aliphatic carbocycles. The first-order valence-corrected chi connectivity index (χ1v) is 7.53. The fourth-order valence-corrected chi connectivity index (χ4v) is 3.33. The lowest BCUT2D eigenvalue weighted by molar-refractivity contribution is 0.176. The van der Waals surface area contributed by atoms with Crippen molar-refractivity contribution in [3.05, 3.63) is 45.1 Å². The van der Waals surface area contributed by atoms with Gasteiger partial charge in [0.25, 0.3) is 0 Å². The van der Waals surface area contributed by atoms with E-state index in [1.807, 2.05) is 43.3 Å². The number of nitrogens with two attached hydrogens (primary N) is 1. The number of hydrogen-bond acceptors (Lipinski definition) is 4. The van der Waals surface area contributed by atoms with Gasteiger partial charge in [0.05, 0.1) is 10.9 Å². The molecule has 1 aromatic carbocycles. The highest BCUT2D eigenvalue weighted by atomic mass is 79.9. The highest BCUT2D eigenvalue weighted by Crippen LogP contribution is 2.35. The minimum atomic E-state index is -0.187. The lowest BCUT2D eigenvalue weighted by atomic mass is 10.1. The maximum absolute atomic E-state index is 6.04. The maximum Gasteiger partial charge on any atom is 0.162 e. The predicted molar refractivity (Wildman–Crippen MR) is 82.0 cm³/mol. The number of benzene rings is 1.